The maximum Gasteiger partial charge on any atom is 0.0704 e. The van der Waals surface area contributed by atoms with Crippen molar-refractivity contribution < 1.29 is 0 Å². The van der Waals surface area contributed by atoms with Gasteiger partial charge in [0.2, 0.25) is 0 Å². The second-order valence-electron chi connectivity index (χ2n) is 3.65. The highest BCUT2D eigenvalue weighted by Crippen LogP contribution is 2.19. The second kappa shape index (κ2) is 6.64. The van der Waals surface area contributed by atoms with Gasteiger partial charge in [-0.2, -0.15) is 0 Å². The molecule has 0 aromatic carbocycles. The fourth-order valence-corrected chi connectivity index (χ4v) is 1.64. The van der Waals surface area contributed by atoms with Gasteiger partial charge in [-0.1, -0.05) is 43.0 Å². The van der Waals surface area contributed by atoms with E-state index in [0.717, 1.165) is 22.4 Å². The van der Waals surface area contributed by atoms with Crippen LogP contribution in [0.4, 0.5) is 0 Å². The van der Waals surface area contributed by atoms with Gasteiger partial charge in [-0.15, -0.1) is 0 Å². The van der Waals surface area contributed by atoms with Crippen molar-refractivity contribution in [2.75, 3.05) is 0 Å². The van der Waals surface area contributed by atoms with Crippen LogP contribution >= 0.6 is 0 Å². The van der Waals surface area contributed by atoms with Gasteiger partial charge in [0.15, 0.2) is 0 Å². The average molecular weight is 225 g/mol. The summed E-state index contributed by atoms with van der Waals surface area (Å²) >= 11 is 0. The number of pyridine rings is 1. The Kier molecular flexibility index (Phi) is 5.15. The molecular weight excluding hydrogens is 206 g/mol. The summed E-state index contributed by atoms with van der Waals surface area (Å²) in [7, 11) is 0. The average Bonchev–Trinajstić information content (AvgIpc) is 2.37. The van der Waals surface area contributed by atoms with Gasteiger partial charge in [0.1, 0.15) is 0 Å². The molecule has 0 atom stereocenters. The van der Waals surface area contributed by atoms with Crippen LogP contribution in [0.3, 0.4) is 0 Å². The summed E-state index contributed by atoms with van der Waals surface area (Å²) in [6.45, 7) is 9.87. The van der Waals surface area contributed by atoms with E-state index in [2.05, 4.69) is 29.8 Å². The zero-order valence-electron chi connectivity index (χ0n) is 10.8. The van der Waals surface area contributed by atoms with Crippen LogP contribution in [-0.2, 0) is 0 Å². The largest absolute Gasteiger partial charge is 0.256 e. The van der Waals surface area contributed by atoms with Crippen molar-refractivity contribution in [1.29, 1.82) is 0 Å². The molecular formula is C16H19N. The van der Waals surface area contributed by atoms with Gasteiger partial charge in [0.25, 0.3) is 0 Å². The van der Waals surface area contributed by atoms with E-state index in [0.29, 0.717) is 0 Å². The van der Waals surface area contributed by atoms with Crippen LogP contribution in [0.2, 0.25) is 0 Å². The second-order valence-corrected chi connectivity index (χ2v) is 3.65. The van der Waals surface area contributed by atoms with Crippen LogP contribution < -0.4 is 0 Å². The predicted molar refractivity (Wildman–Crippen MR) is 77.5 cm³/mol. The molecule has 1 aromatic rings. The standard InChI is InChI=1S/C16H19N/c1-5-9-13(7-3)16-11-14(8-4)15(10-6-2)12-17-16/h5-12H,4H2,1-3H3/b9-5-,10-6-,13-7+. The van der Waals surface area contributed by atoms with Crippen LogP contribution in [0, 0.1) is 0 Å². The van der Waals surface area contributed by atoms with Crippen molar-refractivity contribution in [2.45, 2.75) is 20.8 Å². The van der Waals surface area contributed by atoms with Crippen LogP contribution in [0.5, 0.6) is 0 Å². The highest BCUT2D eigenvalue weighted by Gasteiger charge is 2.02. The van der Waals surface area contributed by atoms with E-state index in [1.165, 1.54) is 0 Å². The molecule has 0 fully saturated rings. The zero-order chi connectivity index (χ0) is 12.7. The van der Waals surface area contributed by atoms with E-state index < -0.39 is 0 Å². The summed E-state index contributed by atoms with van der Waals surface area (Å²) in [4.78, 5) is 4.48. The third-order valence-electron chi connectivity index (χ3n) is 2.49. The first-order valence-corrected chi connectivity index (χ1v) is 5.81. The van der Waals surface area contributed by atoms with Crippen molar-refractivity contribution in [1.82, 2.24) is 4.98 Å². The minimum absolute atomic E-state index is 0.980. The summed E-state index contributed by atoms with van der Waals surface area (Å²) in [5.41, 5.74) is 4.32. The maximum absolute atomic E-state index is 4.48. The summed E-state index contributed by atoms with van der Waals surface area (Å²) in [5, 5.41) is 0. The molecule has 1 nitrogen and oxygen atoms in total. The normalized spacial score (nSPS) is 12.5. The summed E-state index contributed by atoms with van der Waals surface area (Å²) < 4.78 is 0. The van der Waals surface area contributed by atoms with Crippen LogP contribution in [0.25, 0.3) is 17.7 Å². The van der Waals surface area contributed by atoms with Gasteiger partial charge in [-0.05, 0) is 43.5 Å². The van der Waals surface area contributed by atoms with Gasteiger partial charge < -0.3 is 0 Å². The molecule has 0 amide bonds. The maximum atomic E-state index is 4.48. The van der Waals surface area contributed by atoms with Gasteiger partial charge >= 0.3 is 0 Å². The zero-order valence-corrected chi connectivity index (χ0v) is 10.8. The minimum atomic E-state index is 0.980. The molecule has 0 aliphatic carbocycles. The van der Waals surface area contributed by atoms with Gasteiger partial charge in [-0.25, -0.2) is 0 Å². The Labute approximate surface area is 104 Å². The topological polar surface area (TPSA) is 12.9 Å². The van der Waals surface area contributed by atoms with E-state index in [9.17, 15) is 0 Å². The minimum Gasteiger partial charge on any atom is -0.256 e. The molecule has 0 saturated carbocycles. The number of hydrogen-bond donors (Lipinski definition) is 0. The molecule has 1 rings (SSSR count). The molecule has 0 aliphatic heterocycles. The first-order valence-electron chi connectivity index (χ1n) is 5.81. The summed E-state index contributed by atoms with van der Waals surface area (Å²) in [6, 6.07) is 2.07. The van der Waals surface area contributed by atoms with E-state index in [4.69, 9.17) is 0 Å². The molecule has 88 valence electrons. The molecule has 0 saturated heterocycles. The van der Waals surface area contributed by atoms with Gasteiger partial charge in [-0.3, -0.25) is 4.98 Å². The number of nitrogens with zero attached hydrogens (tertiary/aromatic N) is 1. The third kappa shape index (κ3) is 3.28. The van der Waals surface area contributed by atoms with E-state index >= 15 is 0 Å². The molecule has 1 aromatic heterocycles. The molecule has 1 heteroatoms. The van der Waals surface area contributed by atoms with Crippen molar-refractivity contribution >= 4 is 17.7 Å². The van der Waals surface area contributed by atoms with Crippen molar-refractivity contribution in [3.8, 4) is 0 Å². The fourth-order valence-electron chi connectivity index (χ4n) is 1.64. The lowest BCUT2D eigenvalue weighted by Crippen LogP contribution is -1.91. The third-order valence-corrected chi connectivity index (χ3v) is 2.49. The number of hydrogen-bond acceptors (Lipinski definition) is 1. The predicted octanol–water partition coefficient (Wildman–Crippen LogP) is 4.74. The van der Waals surface area contributed by atoms with Gasteiger partial charge in [0, 0.05) is 6.20 Å². The van der Waals surface area contributed by atoms with Crippen LogP contribution in [0.15, 0.2) is 43.1 Å². The number of allylic oxidation sites excluding steroid dienone is 5. The van der Waals surface area contributed by atoms with E-state index in [-0.39, 0.29) is 0 Å². The number of aromatic nitrogens is 1. The summed E-state index contributed by atoms with van der Waals surface area (Å²) in [5.74, 6) is 0. The molecule has 1 heterocycles. The Morgan fingerprint density at radius 2 is 1.94 bits per heavy atom. The lowest BCUT2D eigenvalue weighted by Gasteiger charge is -2.05. The Morgan fingerprint density at radius 3 is 2.47 bits per heavy atom. The Morgan fingerprint density at radius 1 is 1.18 bits per heavy atom. The smallest absolute Gasteiger partial charge is 0.0704 e. The van der Waals surface area contributed by atoms with E-state index in [1.54, 1.807) is 0 Å². The quantitative estimate of drug-likeness (QED) is 0.675. The van der Waals surface area contributed by atoms with Crippen LogP contribution in [-0.4, -0.2) is 4.98 Å². The number of rotatable bonds is 4. The van der Waals surface area contributed by atoms with Gasteiger partial charge in [0.05, 0.1) is 5.69 Å². The van der Waals surface area contributed by atoms with E-state index in [1.807, 2.05) is 51.3 Å². The molecule has 17 heavy (non-hydrogen) atoms. The lowest BCUT2D eigenvalue weighted by molar-refractivity contribution is 1.26. The first-order chi connectivity index (χ1) is 8.26. The highest BCUT2D eigenvalue weighted by atomic mass is 14.7. The van der Waals surface area contributed by atoms with Crippen molar-refractivity contribution in [2.24, 2.45) is 0 Å². The molecule has 0 radical (unpaired) electrons. The fraction of sp³-hybridized carbons (Fsp3) is 0.188. The molecule has 0 bridgehead atoms. The Bertz CT molecular complexity index is 476. The lowest BCUT2D eigenvalue weighted by atomic mass is 10.0. The monoisotopic (exact) mass is 225 g/mol. The van der Waals surface area contributed by atoms with Crippen molar-refractivity contribution in [3.05, 3.63) is 60.0 Å². The molecule has 0 N–H and O–H groups in total. The van der Waals surface area contributed by atoms with Crippen LogP contribution in [0.1, 0.15) is 37.6 Å². The Hall–Kier alpha value is -1.89. The molecule has 0 aliphatic rings. The SMILES string of the molecule is C=Cc1cc(C(/C=C\C)=C/C)ncc1/C=C\C. The molecule has 0 spiro atoms. The molecule has 0 unspecified atom stereocenters. The Balaban J connectivity index is 3.26. The first kappa shape index (κ1) is 13.2. The van der Waals surface area contributed by atoms with Crippen molar-refractivity contribution in [3.63, 3.8) is 0 Å². The summed E-state index contributed by atoms with van der Waals surface area (Å²) in [6.07, 6.45) is 13.9. The highest BCUT2D eigenvalue weighted by molar-refractivity contribution is 5.74.